The largest absolute Gasteiger partial charge is 0.370 e. The highest BCUT2D eigenvalue weighted by molar-refractivity contribution is 5.41. The van der Waals surface area contributed by atoms with Crippen molar-refractivity contribution in [3.8, 4) is 0 Å². The van der Waals surface area contributed by atoms with E-state index in [1.54, 1.807) is 0 Å². The van der Waals surface area contributed by atoms with Crippen molar-refractivity contribution in [2.75, 3.05) is 11.9 Å². The lowest BCUT2D eigenvalue weighted by molar-refractivity contribution is 0.493. The van der Waals surface area contributed by atoms with E-state index >= 15 is 0 Å². The summed E-state index contributed by atoms with van der Waals surface area (Å²) in [4.78, 5) is 0. The Morgan fingerprint density at radius 2 is 2.00 bits per heavy atom. The average Bonchev–Trinajstić information content (AvgIpc) is 2.92. The molecule has 1 N–H and O–H groups in total. The minimum absolute atomic E-state index is 0.512. The van der Waals surface area contributed by atoms with E-state index in [0.29, 0.717) is 11.8 Å². The summed E-state index contributed by atoms with van der Waals surface area (Å²) in [7, 11) is 0. The predicted molar refractivity (Wildman–Crippen MR) is 83.2 cm³/mol. The number of nitrogens with zero attached hydrogens (tertiary/aromatic N) is 2. The van der Waals surface area contributed by atoms with E-state index in [1.807, 2.05) is 0 Å². The van der Waals surface area contributed by atoms with Gasteiger partial charge in [-0.2, -0.15) is 5.10 Å². The van der Waals surface area contributed by atoms with Crippen LogP contribution in [-0.2, 0) is 6.54 Å². The van der Waals surface area contributed by atoms with Crippen LogP contribution in [0.2, 0.25) is 0 Å². The standard InChI is InChI=1S/C17H23N3/c1-3-13(4-2)16-10-17-18-11-15(12-20(17)19-16)14-8-6-5-7-9-14/h5-10,13,15,18H,3-4,11-12H2,1-2H3. The van der Waals surface area contributed by atoms with Crippen molar-refractivity contribution in [3.05, 3.63) is 47.7 Å². The monoisotopic (exact) mass is 269 g/mol. The van der Waals surface area contributed by atoms with Crippen molar-refractivity contribution >= 4 is 5.82 Å². The number of fused-ring (bicyclic) bond motifs is 1. The molecule has 1 atom stereocenters. The van der Waals surface area contributed by atoms with Gasteiger partial charge in [0.1, 0.15) is 5.82 Å². The molecule has 1 aromatic heterocycles. The number of anilines is 1. The van der Waals surface area contributed by atoms with Gasteiger partial charge in [-0.25, -0.2) is 4.68 Å². The summed E-state index contributed by atoms with van der Waals surface area (Å²) < 4.78 is 2.15. The average molecular weight is 269 g/mol. The molecule has 2 aromatic rings. The zero-order valence-electron chi connectivity index (χ0n) is 12.3. The lowest BCUT2D eigenvalue weighted by Gasteiger charge is -2.25. The Balaban J connectivity index is 1.81. The number of benzene rings is 1. The third-order valence-electron chi connectivity index (χ3n) is 4.40. The van der Waals surface area contributed by atoms with Crippen LogP contribution >= 0.6 is 0 Å². The van der Waals surface area contributed by atoms with Gasteiger partial charge in [0.25, 0.3) is 0 Å². The van der Waals surface area contributed by atoms with E-state index in [2.05, 4.69) is 60.2 Å². The number of hydrogen-bond acceptors (Lipinski definition) is 2. The molecule has 0 radical (unpaired) electrons. The van der Waals surface area contributed by atoms with Gasteiger partial charge in [0, 0.05) is 24.4 Å². The Kier molecular flexibility index (Phi) is 3.77. The van der Waals surface area contributed by atoms with Gasteiger partial charge in [-0.3, -0.25) is 0 Å². The van der Waals surface area contributed by atoms with Crippen molar-refractivity contribution in [1.82, 2.24) is 9.78 Å². The summed E-state index contributed by atoms with van der Waals surface area (Å²) in [5, 5.41) is 8.36. The highest BCUT2D eigenvalue weighted by Gasteiger charge is 2.22. The Morgan fingerprint density at radius 1 is 1.25 bits per heavy atom. The van der Waals surface area contributed by atoms with E-state index < -0.39 is 0 Å². The van der Waals surface area contributed by atoms with Crippen LogP contribution in [0.4, 0.5) is 5.82 Å². The summed E-state index contributed by atoms with van der Waals surface area (Å²) in [6, 6.07) is 13.0. The minimum atomic E-state index is 0.512. The van der Waals surface area contributed by atoms with Gasteiger partial charge in [-0.05, 0) is 18.4 Å². The maximum atomic E-state index is 4.82. The summed E-state index contributed by atoms with van der Waals surface area (Å²) in [5.41, 5.74) is 2.64. The molecule has 0 fully saturated rings. The zero-order valence-corrected chi connectivity index (χ0v) is 12.3. The third kappa shape index (κ3) is 2.45. The molecule has 3 rings (SSSR count). The molecule has 0 saturated heterocycles. The van der Waals surface area contributed by atoms with Crippen molar-refractivity contribution < 1.29 is 0 Å². The lowest BCUT2D eigenvalue weighted by Crippen LogP contribution is -2.26. The van der Waals surface area contributed by atoms with Crippen LogP contribution in [-0.4, -0.2) is 16.3 Å². The fraction of sp³-hybridized carbons (Fsp3) is 0.471. The molecule has 3 heteroatoms. The number of rotatable bonds is 4. The first kappa shape index (κ1) is 13.2. The molecule has 0 amide bonds. The summed E-state index contributed by atoms with van der Waals surface area (Å²) in [6.45, 7) is 6.46. The van der Waals surface area contributed by atoms with Crippen LogP contribution in [0.3, 0.4) is 0 Å². The molecule has 0 bridgehead atoms. The fourth-order valence-electron chi connectivity index (χ4n) is 3.07. The molecule has 0 saturated carbocycles. The molecule has 0 aliphatic carbocycles. The van der Waals surface area contributed by atoms with Crippen LogP contribution in [0.5, 0.6) is 0 Å². The van der Waals surface area contributed by atoms with Crippen molar-refractivity contribution in [1.29, 1.82) is 0 Å². The van der Waals surface area contributed by atoms with Crippen LogP contribution in [0.1, 0.15) is 49.8 Å². The zero-order chi connectivity index (χ0) is 13.9. The summed E-state index contributed by atoms with van der Waals surface area (Å²) in [6.07, 6.45) is 2.32. The van der Waals surface area contributed by atoms with E-state index in [4.69, 9.17) is 5.10 Å². The van der Waals surface area contributed by atoms with Gasteiger partial charge in [-0.15, -0.1) is 0 Å². The van der Waals surface area contributed by atoms with Gasteiger partial charge in [0.05, 0.1) is 12.2 Å². The first-order valence-electron chi connectivity index (χ1n) is 7.68. The van der Waals surface area contributed by atoms with E-state index in [-0.39, 0.29) is 0 Å². The Morgan fingerprint density at radius 3 is 2.70 bits per heavy atom. The minimum Gasteiger partial charge on any atom is -0.370 e. The van der Waals surface area contributed by atoms with Crippen molar-refractivity contribution in [2.45, 2.75) is 45.1 Å². The van der Waals surface area contributed by atoms with Gasteiger partial charge >= 0.3 is 0 Å². The summed E-state index contributed by atoms with van der Waals surface area (Å²) >= 11 is 0. The molecule has 1 unspecified atom stereocenters. The van der Waals surface area contributed by atoms with Crippen LogP contribution in [0, 0.1) is 0 Å². The normalized spacial score (nSPS) is 17.9. The van der Waals surface area contributed by atoms with E-state index in [1.165, 1.54) is 17.1 Å². The second-order valence-electron chi connectivity index (χ2n) is 5.64. The van der Waals surface area contributed by atoms with E-state index in [9.17, 15) is 0 Å². The molecule has 1 aromatic carbocycles. The Hall–Kier alpha value is -1.77. The fourth-order valence-corrected chi connectivity index (χ4v) is 3.07. The van der Waals surface area contributed by atoms with Gasteiger partial charge in [-0.1, -0.05) is 44.2 Å². The second-order valence-corrected chi connectivity index (χ2v) is 5.64. The first-order chi connectivity index (χ1) is 9.81. The maximum Gasteiger partial charge on any atom is 0.124 e. The molecule has 1 aliphatic heterocycles. The molecule has 1 aliphatic rings. The molecule has 0 spiro atoms. The smallest absolute Gasteiger partial charge is 0.124 e. The molecule has 3 nitrogen and oxygen atoms in total. The number of hydrogen-bond donors (Lipinski definition) is 1. The number of nitrogens with one attached hydrogen (secondary N) is 1. The van der Waals surface area contributed by atoms with Crippen LogP contribution in [0.25, 0.3) is 0 Å². The molecule has 20 heavy (non-hydrogen) atoms. The topological polar surface area (TPSA) is 29.9 Å². The Bertz CT molecular complexity index is 555. The lowest BCUT2D eigenvalue weighted by atomic mass is 9.98. The number of aromatic nitrogens is 2. The quantitative estimate of drug-likeness (QED) is 0.909. The Labute approximate surface area is 121 Å². The third-order valence-corrected chi connectivity index (χ3v) is 4.40. The second kappa shape index (κ2) is 5.70. The van der Waals surface area contributed by atoms with Crippen LogP contribution < -0.4 is 5.32 Å². The SMILES string of the molecule is CCC(CC)c1cc2n(n1)CC(c1ccccc1)CN2. The predicted octanol–water partition coefficient (Wildman–Crippen LogP) is 4.00. The summed E-state index contributed by atoms with van der Waals surface area (Å²) in [5.74, 6) is 2.28. The molecule has 106 valence electrons. The highest BCUT2D eigenvalue weighted by Crippen LogP contribution is 2.29. The van der Waals surface area contributed by atoms with Gasteiger partial charge in [0.15, 0.2) is 0 Å². The van der Waals surface area contributed by atoms with Crippen molar-refractivity contribution in [3.63, 3.8) is 0 Å². The maximum absolute atomic E-state index is 4.82. The highest BCUT2D eigenvalue weighted by atomic mass is 15.3. The van der Waals surface area contributed by atoms with Crippen LogP contribution in [0.15, 0.2) is 36.4 Å². The van der Waals surface area contributed by atoms with Crippen molar-refractivity contribution in [2.24, 2.45) is 0 Å². The van der Waals surface area contributed by atoms with Gasteiger partial charge in [0.2, 0.25) is 0 Å². The molecule has 2 heterocycles. The molecular formula is C17H23N3. The first-order valence-corrected chi connectivity index (χ1v) is 7.68. The van der Waals surface area contributed by atoms with Gasteiger partial charge < -0.3 is 5.32 Å². The van der Waals surface area contributed by atoms with E-state index in [0.717, 1.165) is 25.9 Å². The molecular weight excluding hydrogens is 246 g/mol.